The van der Waals surface area contributed by atoms with Gasteiger partial charge in [0.1, 0.15) is 6.33 Å². The number of hydrogen-bond acceptors (Lipinski definition) is 5. The van der Waals surface area contributed by atoms with E-state index in [9.17, 15) is 0 Å². The average molecular weight is 640 g/mol. The zero-order valence-corrected chi connectivity index (χ0v) is 27.0. The molecule has 5 nitrogen and oxygen atoms in total. The Labute approximate surface area is 289 Å². The normalized spacial score (nSPS) is 11.2. The van der Waals surface area contributed by atoms with Gasteiger partial charge in [0.2, 0.25) is 0 Å². The third-order valence-corrected chi connectivity index (χ3v) is 9.11. The lowest BCUT2D eigenvalue weighted by Gasteiger charge is -2.15. The summed E-state index contributed by atoms with van der Waals surface area (Å²) in [7, 11) is 0. The highest BCUT2D eigenvalue weighted by Gasteiger charge is 2.16. The van der Waals surface area contributed by atoms with Gasteiger partial charge in [-0.1, -0.05) is 97.1 Å². The summed E-state index contributed by atoms with van der Waals surface area (Å²) in [4.78, 5) is 23.2. The van der Waals surface area contributed by atoms with Gasteiger partial charge in [-0.3, -0.25) is 9.97 Å². The van der Waals surface area contributed by atoms with Crippen LogP contribution in [0, 0.1) is 0 Å². The lowest BCUT2D eigenvalue weighted by molar-refractivity contribution is 1.17. The molecule has 0 aliphatic carbocycles. The van der Waals surface area contributed by atoms with Crippen LogP contribution in [0.5, 0.6) is 0 Å². The van der Waals surface area contributed by atoms with Gasteiger partial charge in [-0.05, 0) is 87.5 Å². The Morgan fingerprint density at radius 1 is 0.360 bits per heavy atom. The van der Waals surface area contributed by atoms with E-state index in [0.717, 1.165) is 88.8 Å². The number of nitrogens with zero attached hydrogens (tertiary/aromatic N) is 5. The summed E-state index contributed by atoms with van der Waals surface area (Å²) in [6.07, 6.45) is 8.90. The summed E-state index contributed by atoms with van der Waals surface area (Å²) < 4.78 is 0. The van der Waals surface area contributed by atoms with E-state index in [1.54, 1.807) is 6.33 Å². The van der Waals surface area contributed by atoms with Crippen LogP contribution in [0.2, 0.25) is 0 Å². The molecule has 50 heavy (non-hydrogen) atoms. The molecule has 0 fully saturated rings. The van der Waals surface area contributed by atoms with Crippen LogP contribution in [0.15, 0.2) is 177 Å². The maximum Gasteiger partial charge on any atom is 0.115 e. The van der Waals surface area contributed by atoms with E-state index in [4.69, 9.17) is 15.0 Å². The van der Waals surface area contributed by atoms with E-state index in [2.05, 4.69) is 131 Å². The van der Waals surface area contributed by atoms with Crippen molar-refractivity contribution in [2.75, 3.05) is 0 Å². The van der Waals surface area contributed by atoms with Crippen molar-refractivity contribution in [1.29, 1.82) is 0 Å². The zero-order valence-electron chi connectivity index (χ0n) is 27.0. The minimum atomic E-state index is 0.887. The topological polar surface area (TPSA) is 64.5 Å². The van der Waals surface area contributed by atoms with Gasteiger partial charge < -0.3 is 0 Å². The molecule has 234 valence electrons. The quantitative estimate of drug-likeness (QED) is 0.169. The van der Waals surface area contributed by atoms with Crippen molar-refractivity contribution in [2.24, 2.45) is 0 Å². The van der Waals surface area contributed by atoms with Crippen LogP contribution in [0.4, 0.5) is 0 Å². The Kier molecular flexibility index (Phi) is 7.41. The molecule has 0 radical (unpaired) electrons. The highest BCUT2D eigenvalue weighted by atomic mass is 14.8. The number of rotatable bonds is 6. The third-order valence-electron chi connectivity index (χ3n) is 9.11. The molecule has 4 aromatic heterocycles. The van der Waals surface area contributed by atoms with Gasteiger partial charge in [0, 0.05) is 52.3 Å². The van der Waals surface area contributed by atoms with Gasteiger partial charge in [0.15, 0.2) is 0 Å². The molecule has 0 aliphatic rings. The van der Waals surface area contributed by atoms with E-state index in [1.807, 2.05) is 49.1 Å². The fourth-order valence-electron chi connectivity index (χ4n) is 6.65. The first-order valence-corrected chi connectivity index (χ1v) is 16.5. The van der Waals surface area contributed by atoms with Crippen molar-refractivity contribution in [3.05, 3.63) is 177 Å². The number of aromatic nitrogens is 5. The standard InChI is InChI=1S/C45H29N5/c1-3-9-30(10-4-1)36-25-42(33-11-5-2-6-12-33)50-43(26-36)38-22-35(31-15-17-32(18-16-31)39-27-46-29-47-28-39)21-37(23-38)41-24-34-13-7-19-48-44(34)45-40(41)14-8-20-49-45/h1-29H. The summed E-state index contributed by atoms with van der Waals surface area (Å²) in [6.45, 7) is 0. The molecule has 4 heterocycles. The van der Waals surface area contributed by atoms with Gasteiger partial charge >= 0.3 is 0 Å². The number of hydrogen-bond donors (Lipinski definition) is 0. The third kappa shape index (κ3) is 5.57. The fourth-order valence-corrected chi connectivity index (χ4v) is 6.65. The molecule has 0 saturated carbocycles. The van der Waals surface area contributed by atoms with Crippen LogP contribution >= 0.6 is 0 Å². The van der Waals surface area contributed by atoms with Crippen LogP contribution in [0.25, 0.3) is 88.8 Å². The molecule has 9 aromatic rings. The van der Waals surface area contributed by atoms with Crippen LogP contribution in [-0.2, 0) is 0 Å². The molecule has 0 amide bonds. The summed E-state index contributed by atoms with van der Waals surface area (Å²) >= 11 is 0. The van der Waals surface area contributed by atoms with Gasteiger partial charge in [-0.2, -0.15) is 0 Å². The predicted molar refractivity (Wildman–Crippen MR) is 203 cm³/mol. The Hall–Kier alpha value is -6.85. The van der Waals surface area contributed by atoms with Crippen molar-refractivity contribution in [1.82, 2.24) is 24.9 Å². The largest absolute Gasteiger partial charge is 0.254 e. The smallest absolute Gasteiger partial charge is 0.115 e. The van der Waals surface area contributed by atoms with Gasteiger partial charge in [0.05, 0.1) is 22.4 Å². The number of fused-ring (bicyclic) bond motifs is 3. The van der Waals surface area contributed by atoms with Crippen molar-refractivity contribution >= 4 is 21.8 Å². The molecule has 0 aliphatic heterocycles. The first-order chi connectivity index (χ1) is 24.8. The lowest BCUT2D eigenvalue weighted by Crippen LogP contribution is -1.94. The van der Waals surface area contributed by atoms with E-state index in [-0.39, 0.29) is 0 Å². The Balaban J connectivity index is 1.28. The summed E-state index contributed by atoms with van der Waals surface area (Å²) in [5, 5.41) is 2.10. The number of benzene rings is 5. The fraction of sp³-hybridized carbons (Fsp3) is 0. The molecule has 0 atom stereocenters. The molecule has 9 rings (SSSR count). The SMILES string of the molecule is c1ccc(-c2cc(-c3ccccc3)nc(-c3cc(-c4ccc(-c5cncnc5)cc4)cc(-c4cc5cccnc5c5ncccc45)c3)c2)cc1. The molecule has 0 spiro atoms. The molecule has 0 unspecified atom stereocenters. The summed E-state index contributed by atoms with van der Waals surface area (Å²) in [5.41, 5.74) is 14.4. The van der Waals surface area contributed by atoms with Crippen molar-refractivity contribution in [3.8, 4) is 67.0 Å². The first-order valence-electron chi connectivity index (χ1n) is 16.5. The predicted octanol–water partition coefficient (Wildman–Crippen LogP) is 11.0. The highest BCUT2D eigenvalue weighted by Crippen LogP contribution is 2.39. The molecule has 0 saturated heterocycles. The second-order valence-electron chi connectivity index (χ2n) is 12.3. The van der Waals surface area contributed by atoms with E-state index in [1.165, 1.54) is 0 Å². The second kappa shape index (κ2) is 12.6. The molecule has 5 aromatic carbocycles. The van der Waals surface area contributed by atoms with Gasteiger partial charge in [-0.25, -0.2) is 15.0 Å². The Bertz CT molecular complexity index is 2560. The van der Waals surface area contributed by atoms with Crippen LogP contribution < -0.4 is 0 Å². The summed E-state index contributed by atoms with van der Waals surface area (Å²) in [5.74, 6) is 0. The van der Waals surface area contributed by atoms with E-state index < -0.39 is 0 Å². The van der Waals surface area contributed by atoms with Gasteiger partial charge in [-0.15, -0.1) is 0 Å². The lowest BCUT2D eigenvalue weighted by atomic mass is 9.91. The molecule has 0 N–H and O–H groups in total. The maximum atomic E-state index is 5.30. The van der Waals surface area contributed by atoms with Crippen LogP contribution in [-0.4, -0.2) is 24.9 Å². The van der Waals surface area contributed by atoms with Crippen molar-refractivity contribution in [3.63, 3.8) is 0 Å². The second-order valence-corrected chi connectivity index (χ2v) is 12.3. The minimum Gasteiger partial charge on any atom is -0.254 e. The molecular weight excluding hydrogens is 611 g/mol. The van der Waals surface area contributed by atoms with Gasteiger partial charge in [0.25, 0.3) is 0 Å². The van der Waals surface area contributed by atoms with Crippen LogP contribution in [0.3, 0.4) is 0 Å². The Morgan fingerprint density at radius 3 is 1.66 bits per heavy atom. The highest BCUT2D eigenvalue weighted by molar-refractivity contribution is 6.10. The maximum absolute atomic E-state index is 5.30. The first kappa shape index (κ1) is 29.3. The van der Waals surface area contributed by atoms with Crippen molar-refractivity contribution < 1.29 is 0 Å². The zero-order chi connectivity index (χ0) is 33.3. The monoisotopic (exact) mass is 639 g/mol. The average Bonchev–Trinajstić information content (AvgIpc) is 3.21. The number of pyridine rings is 3. The van der Waals surface area contributed by atoms with Crippen LogP contribution in [0.1, 0.15) is 0 Å². The molecule has 5 heteroatoms. The van der Waals surface area contributed by atoms with E-state index >= 15 is 0 Å². The summed E-state index contributed by atoms with van der Waals surface area (Å²) in [6, 6.07) is 51.1. The molecule has 0 bridgehead atoms. The Morgan fingerprint density at radius 2 is 0.920 bits per heavy atom. The minimum absolute atomic E-state index is 0.887. The van der Waals surface area contributed by atoms with Crippen molar-refractivity contribution in [2.45, 2.75) is 0 Å². The van der Waals surface area contributed by atoms with E-state index in [0.29, 0.717) is 0 Å². The molecular formula is C45H29N5.